The first-order valence-electron chi connectivity index (χ1n) is 5.05. The summed E-state index contributed by atoms with van der Waals surface area (Å²) in [5.41, 5.74) is 2.86. The van der Waals surface area contributed by atoms with Gasteiger partial charge in [0.2, 0.25) is 0 Å². The lowest BCUT2D eigenvalue weighted by Gasteiger charge is -2.00. The van der Waals surface area contributed by atoms with Gasteiger partial charge in [-0.3, -0.25) is 0 Å². The van der Waals surface area contributed by atoms with Gasteiger partial charge in [-0.25, -0.2) is 4.98 Å². The van der Waals surface area contributed by atoms with E-state index >= 15 is 0 Å². The third kappa shape index (κ3) is 1.83. The van der Waals surface area contributed by atoms with E-state index in [1.165, 1.54) is 0 Å². The van der Waals surface area contributed by atoms with Crippen LogP contribution < -0.4 is 0 Å². The Morgan fingerprint density at radius 1 is 1.18 bits per heavy atom. The summed E-state index contributed by atoms with van der Waals surface area (Å²) in [4.78, 5) is 4.53. The molecule has 3 nitrogen and oxygen atoms in total. The number of aromatic nitrogens is 2. The van der Waals surface area contributed by atoms with Crippen LogP contribution >= 0.6 is 31.9 Å². The Labute approximate surface area is 115 Å². The van der Waals surface area contributed by atoms with Gasteiger partial charge in [0.15, 0.2) is 10.4 Å². The number of pyridine rings is 1. The van der Waals surface area contributed by atoms with Crippen LogP contribution in [0.15, 0.2) is 44.0 Å². The number of imidazole rings is 1. The monoisotopic (exact) mass is 354 g/mol. The van der Waals surface area contributed by atoms with Crippen LogP contribution in [0.1, 0.15) is 5.69 Å². The highest BCUT2D eigenvalue weighted by Gasteiger charge is 2.10. The topological polar surface area (TPSA) is 30.4 Å². The average molecular weight is 356 g/mol. The fourth-order valence-electron chi connectivity index (χ4n) is 1.73. The van der Waals surface area contributed by atoms with Crippen molar-refractivity contribution in [3.63, 3.8) is 0 Å². The van der Waals surface area contributed by atoms with Crippen LogP contribution in [-0.4, -0.2) is 9.38 Å². The lowest BCUT2D eigenvalue weighted by molar-refractivity contribution is 0.554. The molecule has 0 fully saturated rings. The van der Waals surface area contributed by atoms with E-state index in [0.29, 0.717) is 4.67 Å². The molecule has 86 valence electrons. The van der Waals surface area contributed by atoms with Crippen LogP contribution in [0, 0.1) is 6.92 Å². The first-order valence-corrected chi connectivity index (χ1v) is 6.63. The zero-order chi connectivity index (χ0) is 12.0. The second kappa shape index (κ2) is 3.99. The summed E-state index contributed by atoms with van der Waals surface area (Å²) in [5, 5.41) is 0. The lowest BCUT2D eigenvalue weighted by Crippen LogP contribution is -1.89. The molecule has 3 heterocycles. The molecule has 0 aliphatic heterocycles. The molecule has 3 aromatic rings. The van der Waals surface area contributed by atoms with E-state index in [0.717, 1.165) is 27.3 Å². The molecule has 0 aromatic carbocycles. The quantitative estimate of drug-likeness (QED) is 0.646. The molecule has 0 unspecified atom stereocenters. The number of halogens is 2. The van der Waals surface area contributed by atoms with Gasteiger partial charge >= 0.3 is 0 Å². The van der Waals surface area contributed by atoms with E-state index < -0.39 is 0 Å². The number of nitrogens with zero attached hydrogens (tertiary/aromatic N) is 2. The zero-order valence-electron chi connectivity index (χ0n) is 8.95. The van der Waals surface area contributed by atoms with Gasteiger partial charge in [-0.05, 0) is 63.0 Å². The van der Waals surface area contributed by atoms with Crippen molar-refractivity contribution in [1.29, 1.82) is 0 Å². The molecule has 0 aliphatic rings. The zero-order valence-corrected chi connectivity index (χ0v) is 12.1. The van der Waals surface area contributed by atoms with E-state index in [1.807, 2.05) is 41.8 Å². The Morgan fingerprint density at radius 2 is 2.00 bits per heavy atom. The second-order valence-electron chi connectivity index (χ2n) is 3.72. The van der Waals surface area contributed by atoms with Gasteiger partial charge in [-0.15, -0.1) is 0 Å². The highest BCUT2D eigenvalue weighted by Crippen LogP contribution is 2.26. The van der Waals surface area contributed by atoms with Gasteiger partial charge in [0, 0.05) is 16.4 Å². The SMILES string of the molecule is Cc1c(Br)ccc2nc(-c3ccc(Br)o3)cn12. The first kappa shape index (κ1) is 11.0. The summed E-state index contributed by atoms with van der Waals surface area (Å²) in [5.74, 6) is 0.760. The fourth-order valence-corrected chi connectivity index (χ4v) is 2.36. The second-order valence-corrected chi connectivity index (χ2v) is 5.36. The molecule has 3 rings (SSSR count). The molecule has 0 amide bonds. The van der Waals surface area contributed by atoms with E-state index in [1.54, 1.807) is 0 Å². The molecule has 5 heteroatoms. The van der Waals surface area contributed by atoms with E-state index in [2.05, 4.69) is 36.8 Å². The molecule has 3 aromatic heterocycles. The van der Waals surface area contributed by atoms with E-state index in [9.17, 15) is 0 Å². The Balaban J connectivity index is 2.23. The lowest BCUT2D eigenvalue weighted by atomic mass is 10.3. The minimum atomic E-state index is 0.711. The summed E-state index contributed by atoms with van der Waals surface area (Å²) >= 11 is 6.80. The van der Waals surface area contributed by atoms with Crippen LogP contribution in [-0.2, 0) is 0 Å². The van der Waals surface area contributed by atoms with Crippen LogP contribution in [0.2, 0.25) is 0 Å². The van der Waals surface area contributed by atoms with Gasteiger partial charge < -0.3 is 8.82 Å². The molecule has 0 saturated carbocycles. The van der Waals surface area contributed by atoms with Gasteiger partial charge in [0.05, 0.1) is 0 Å². The standard InChI is InChI=1S/C12H8Br2N2O/c1-7-8(13)2-5-12-15-9(6-16(7)12)10-3-4-11(14)17-10/h2-6H,1H3. The molecule has 0 saturated heterocycles. The largest absolute Gasteiger partial charge is 0.448 e. The van der Waals surface area contributed by atoms with Gasteiger partial charge in [-0.1, -0.05) is 0 Å². The van der Waals surface area contributed by atoms with Gasteiger partial charge in [0.25, 0.3) is 0 Å². The maximum Gasteiger partial charge on any atom is 0.169 e. The maximum atomic E-state index is 5.50. The van der Waals surface area contributed by atoms with Crippen molar-refractivity contribution in [2.45, 2.75) is 6.92 Å². The van der Waals surface area contributed by atoms with Crippen molar-refractivity contribution in [3.8, 4) is 11.5 Å². The molecule has 0 atom stereocenters. The average Bonchev–Trinajstić information content (AvgIpc) is 2.90. The van der Waals surface area contributed by atoms with Gasteiger partial charge in [-0.2, -0.15) is 0 Å². The van der Waals surface area contributed by atoms with Crippen molar-refractivity contribution in [2.24, 2.45) is 0 Å². The summed E-state index contributed by atoms with van der Waals surface area (Å²) in [7, 11) is 0. The highest BCUT2D eigenvalue weighted by molar-refractivity contribution is 9.10. The van der Waals surface area contributed by atoms with Crippen molar-refractivity contribution in [1.82, 2.24) is 9.38 Å². The number of hydrogen-bond donors (Lipinski definition) is 0. The Hall–Kier alpha value is -1.07. The molecule has 17 heavy (non-hydrogen) atoms. The minimum Gasteiger partial charge on any atom is -0.448 e. The highest BCUT2D eigenvalue weighted by atomic mass is 79.9. The molecule has 0 aliphatic carbocycles. The summed E-state index contributed by atoms with van der Waals surface area (Å²) in [6.07, 6.45) is 1.97. The minimum absolute atomic E-state index is 0.711. The Morgan fingerprint density at radius 3 is 2.71 bits per heavy atom. The number of rotatable bonds is 1. The summed E-state index contributed by atoms with van der Waals surface area (Å²) in [6, 6.07) is 7.73. The van der Waals surface area contributed by atoms with E-state index in [4.69, 9.17) is 4.42 Å². The third-order valence-corrected chi connectivity index (χ3v) is 3.91. The van der Waals surface area contributed by atoms with Crippen molar-refractivity contribution in [3.05, 3.63) is 45.3 Å². The van der Waals surface area contributed by atoms with E-state index in [-0.39, 0.29) is 0 Å². The number of aryl methyl sites for hydroxylation is 1. The van der Waals surface area contributed by atoms with Crippen molar-refractivity contribution < 1.29 is 4.42 Å². The predicted molar refractivity (Wildman–Crippen MR) is 73.0 cm³/mol. The van der Waals surface area contributed by atoms with Crippen molar-refractivity contribution >= 4 is 37.5 Å². The predicted octanol–water partition coefficient (Wildman–Crippen LogP) is 4.43. The molecule has 0 radical (unpaired) electrons. The first-order chi connectivity index (χ1) is 8.15. The maximum absolute atomic E-state index is 5.50. The molecule has 0 bridgehead atoms. The van der Waals surface area contributed by atoms with Crippen molar-refractivity contribution in [2.75, 3.05) is 0 Å². The smallest absolute Gasteiger partial charge is 0.169 e. The molecule has 0 spiro atoms. The van der Waals surface area contributed by atoms with Crippen LogP contribution in [0.25, 0.3) is 17.1 Å². The number of furan rings is 1. The normalized spacial score (nSPS) is 11.2. The summed E-state index contributed by atoms with van der Waals surface area (Å²) < 4.78 is 9.31. The Kier molecular flexibility index (Phi) is 2.60. The molecular weight excluding hydrogens is 348 g/mol. The summed E-state index contributed by atoms with van der Waals surface area (Å²) in [6.45, 7) is 2.04. The number of hydrogen-bond acceptors (Lipinski definition) is 2. The fraction of sp³-hybridized carbons (Fsp3) is 0.0833. The van der Waals surface area contributed by atoms with Gasteiger partial charge in [0.1, 0.15) is 11.3 Å². The van der Waals surface area contributed by atoms with Crippen LogP contribution in [0.3, 0.4) is 0 Å². The molecule has 0 N–H and O–H groups in total. The molecular formula is C12H8Br2N2O. The third-order valence-electron chi connectivity index (χ3n) is 2.64. The van der Waals surface area contributed by atoms with Crippen LogP contribution in [0.4, 0.5) is 0 Å². The Bertz CT molecular complexity index is 700. The number of fused-ring (bicyclic) bond motifs is 1. The van der Waals surface area contributed by atoms with Crippen LogP contribution in [0.5, 0.6) is 0 Å².